The van der Waals surface area contributed by atoms with Crippen LogP contribution in [-0.2, 0) is 9.53 Å². The standard InChI is InChI=1S/C18H15FO4/c19-15-10-14(13-5-3-12(11-20)4-6-13)7-8-16(15)23-18(21)17-2-1-9-22-17/h3-8,10-11,17H,1-2,9H2. The zero-order valence-corrected chi connectivity index (χ0v) is 12.3. The van der Waals surface area contributed by atoms with Crippen LogP contribution >= 0.6 is 0 Å². The molecule has 1 heterocycles. The minimum Gasteiger partial charge on any atom is -0.421 e. The molecule has 1 saturated heterocycles. The van der Waals surface area contributed by atoms with E-state index in [1.54, 1.807) is 30.3 Å². The third-order valence-corrected chi connectivity index (χ3v) is 3.72. The van der Waals surface area contributed by atoms with E-state index in [4.69, 9.17) is 9.47 Å². The van der Waals surface area contributed by atoms with Crippen molar-refractivity contribution in [2.45, 2.75) is 18.9 Å². The molecule has 0 radical (unpaired) electrons. The molecule has 2 aromatic carbocycles. The van der Waals surface area contributed by atoms with E-state index in [0.717, 1.165) is 18.3 Å². The van der Waals surface area contributed by atoms with E-state index in [9.17, 15) is 14.0 Å². The molecule has 5 heteroatoms. The highest BCUT2D eigenvalue weighted by molar-refractivity contribution is 5.78. The molecule has 0 aromatic heterocycles. The molecule has 0 spiro atoms. The Labute approximate surface area is 132 Å². The maximum absolute atomic E-state index is 14.2. The van der Waals surface area contributed by atoms with Crippen LogP contribution in [0, 0.1) is 5.82 Å². The van der Waals surface area contributed by atoms with Crippen LogP contribution in [0.25, 0.3) is 11.1 Å². The zero-order valence-electron chi connectivity index (χ0n) is 12.3. The van der Waals surface area contributed by atoms with Crippen LogP contribution in [0.5, 0.6) is 5.75 Å². The number of hydrogen-bond acceptors (Lipinski definition) is 4. The summed E-state index contributed by atoms with van der Waals surface area (Å²) in [6.45, 7) is 0.526. The van der Waals surface area contributed by atoms with Crippen LogP contribution in [-0.4, -0.2) is 25.0 Å². The molecular weight excluding hydrogens is 299 g/mol. The first-order valence-electron chi connectivity index (χ1n) is 7.36. The largest absolute Gasteiger partial charge is 0.421 e. The number of ether oxygens (including phenoxy) is 2. The van der Waals surface area contributed by atoms with Crippen molar-refractivity contribution in [3.05, 3.63) is 53.8 Å². The summed E-state index contributed by atoms with van der Waals surface area (Å²) in [4.78, 5) is 22.5. The summed E-state index contributed by atoms with van der Waals surface area (Å²) in [6.07, 6.45) is 1.54. The number of esters is 1. The molecule has 0 aliphatic carbocycles. The molecule has 1 unspecified atom stereocenters. The molecule has 0 N–H and O–H groups in total. The van der Waals surface area contributed by atoms with Crippen molar-refractivity contribution in [3.63, 3.8) is 0 Å². The smallest absolute Gasteiger partial charge is 0.340 e. The van der Waals surface area contributed by atoms with Crippen molar-refractivity contribution in [2.75, 3.05) is 6.61 Å². The van der Waals surface area contributed by atoms with Crippen LogP contribution in [0.15, 0.2) is 42.5 Å². The average molecular weight is 314 g/mol. The van der Waals surface area contributed by atoms with Gasteiger partial charge in [-0.05, 0) is 36.1 Å². The van der Waals surface area contributed by atoms with Crippen molar-refractivity contribution < 1.29 is 23.5 Å². The van der Waals surface area contributed by atoms with E-state index >= 15 is 0 Å². The maximum atomic E-state index is 14.2. The lowest BCUT2D eigenvalue weighted by atomic mass is 10.0. The van der Waals surface area contributed by atoms with Gasteiger partial charge in [-0.2, -0.15) is 0 Å². The van der Waals surface area contributed by atoms with Gasteiger partial charge in [-0.25, -0.2) is 9.18 Å². The van der Waals surface area contributed by atoms with Gasteiger partial charge in [0, 0.05) is 12.2 Å². The SMILES string of the molecule is O=Cc1ccc(-c2ccc(OC(=O)C3CCCO3)c(F)c2)cc1. The Hall–Kier alpha value is -2.53. The summed E-state index contributed by atoms with van der Waals surface area (Å²) in [6, 6.07) is 11.2. The lowest BCUT2D eigenvalue weighted by Gasteiger charge is -2.11. The fourth-order valence-electron chi connectivity index (χ4n) is 2.45. The van der Waals surface area contributed by atoms with Gasteiger partial charge in [0.15, 0.2) is 17.7 Å². The van der Waals surface area contributed by atoms with Crippen molar-refractivity contribution in [2.24, 2.45) is 0 Å². The van der Waals surface area contributed by atoms with Crippen LogP contribution < -0.4 is 4.74 Å². The van der Waals surface area contributed by atoms with Crippen LogP contribution in [0.4, 0.5) is 4.39 Å². The molecule has 3 rings (SSSR count). The minimum atomic E-state index is -0.617. The van der Waals surface area contributed by atoms with Crippen molar-refractivity contribution in [3.8, 4) is 16.9 Å². The summed E-state index contributed by atoms with van der Waals surface area (Å²) < 4.78 is 24.4. The zero-order chi connectivity index (χ0) is 16.2. The quantitative estimate of drug-likeness (QED) is 0.493. The summed E-state index contributed by atoms with van der Waals surface area (Å²) in [5, 5.41) is 0. The topological polar surface area (TPSA) is 52.6 Å². The van der Waals surface area contributed by atoms with Crippen molar-refractivity contribution in [1.82, 2.24) is 0 Å². The van der Waals surface area contributed by atoms with E-state index in [0.29, 0.717) is 24.2 Å². The van der Waals surface area contributed by atoms with Gasteiger partial charge in [0.05, 0.1) is 0 Å². The molecule has 1 aliphatic heterocycles. The van der Waals surface area contributed by atoms with Crippen LogP contribution in [0.2, 0.25) is 0 Å². The Morgan fingerprint density at radius 1 is 1.17 bits per heavy atom. The number of aldehydes is 1. The Morgan fingerprint density at radius 2 is 1.91 bits per heavy atom. The molecular formula is C18H15FO4. The first kappa shape index (κ1) is 15.4. The van der Waals surface area contributed by atoms with Gasteiger partial charge in [0.25, 0.3) is 0 Å². The number of benzene rings is 2. The molecule has 0 bridgehead atoms. The summed E-state index contributed by atoms with van der Waals surface area (Å²) in [7, 11) is 0. The normalized spacial score (nSPS) is 17.0. The van der Waals surface area contributed by atoms with E-state index in [-0.39, 0.29) is 5.75 Å². The molecule has 0 amide bonds. The Morgan fingerprint density at radius 3 is 2.52 bits per heavy atom. The molecule has 0 saturated carbocycles. The molecule has 1 aliphatic rings. The lowest BCUT2D eigenvalue weighted by Crippen LogP contribution is -2.25. The third-order valence-electron chi connectivity index (χ3n) is 3.72. The summed E-state index contributed by atoms with van der Waals surface area (Å²) in [5.74, 6) is -1.29. The molecule has 2 aromatic rings. The fraction of sp³-hybridized carbons (Fsp3) is 0.222. The number of carbonyl (C=O) groups excluding carboxylic acids is 2. The monoisotopic (exact) mass is 314 g/mol. The summed E-state index contributed by atoms with van der Waals surface area (Å²) in [5.41, 5.74) is 1.96. The number of carbonyl (C=O) groups is 2. The van der Waals surface area contributed by atoms with Gasteiger partial charge in [-0.1, -0.05) is 30.3 Å². The van der Waals surface area contributed by atoms with Gasteiger partial charge >= 0.3 is 5.97 Å². The van der Waals surface area contributed by atoms with Crippen LogP contribution in [0.1, 0.15) is 23.2 Å². The van der Waals surface area contributed by atoms with Crippen molar-refractivity contribution >= 4 is 12.3 Å². The predicted molar refractivity (Wildman–Crippen MR) is 81.8 cm³/mol. The minimum absolute atomic E-state index is 0.112. The highest BCUT2D eigenvalue weighted by Crippen LogP contribution is 2.27. The van der Waals surface area contributed by atoms with E-state index in [2.05, 4.69) is 0 Å². The Balaban J connectivity index is 1.76. The predicted octanol–water partition coefficient (Wildman–Crippen LogP) is 3.39. The summed E-state index contributed by atoms with van der Waals surface area (Å²) >= 11 is 0. The number of hydrogen-bond donors (Lipinski definition) is 0. The highest BCUT2D eigenvalue weighted by Gasteiger charge is 2.26. The van der Waals surface area contributed by atoms with E-state index in [1.165, 1.54) is 12.1 Å². The molecule has 4 nitrogen and oxygen atoms in total. The van der Waals surface area contributed by atoms with Gasteiger partial charge < -0.3 is 9.47 Å². The second-order valence-corrected chi connectivity index (χ2v) is 5.31. The lowest BCUT2D eigenvalue weighted by molar-refractivity contribution is -0.144. The number of halogens is 1. The maximum Gasteiger partial charge on any atom is 0.340 e. The molecule has 23 heavy (non-hydrogen) atoms. The van der Waals surface area contributed by atoms with Crippen molar-refractivity contribution in [1.29, 1.82) is 0 Å². The van der Waals surface area contributed by atoms with Crippen LogP contribution in [0.3, 0.4) is 0 Å². The van der Waals surface area contributed by atoms with E-state index in [1.807, 2.05) is 0 Å². The van der Waals surface area contributed by atoms with Gasteiger partial charge in [-0.3, -0.25) is 4.79 Å². The average Bonchev–Trinajstić information content (AvgIpc) is 3.11. The molecule has 118 valence electrons. The molecule has 1 atom stereocenters. The fourth-order valence-corrected chi connectivity index (χ4v) is 2.45. The second-order valence-electron chi connectivity index (χ2n) is 5.31. The second kappa shape index (κ2) is 6.71. The Kier molecular flexibility index (Phi) is 4.48. The van der Waals surface area contributed by atoms with Gasteiger partial charge in [-0.15, -0.1) is 0 Å². The molecule has 1 fully saturated rings. The third kappa shape index (κ3) is 3.46. The van der Waals surface area contributed by atoms with E-state index < -0.39 is 17.9 Å². The van der Waals surface area contributed by atoms with Gasteiger partial charge in [0.2, 0.25) is 0 Å². The number of rotatable bonds is 4. The Bertz CT molecular complexity index is 718. The first-order chi connectivity index (χ1) is 11.2. The van der Waals surface area contributed by atoms with Gasteiger partial charge in [0.1, 0.15) is 6.29 Å². The highest BCUT2D eigenvalue weighted by atomic mass is 19.1. The first-order valence-corrected chi connectivity index (χ1v) is 7.36.